The zero-order valence-electron chi connectivity index (χ0n) is 16.5. The Kier molecular flexibility index (Phi) is 4.49. The number of nitrogens with one attached hydrogen (secondary N) is 2. The lowest BCUT2D eigenvalue weighted by molar-refractivity contribution is 0.0951. The molecule has 0 unspecified atom stereocenters. The van der Waals surface area contributed by atoms with Crippen LogP contribution in [0.2, 0.25) is 0 Å². The molecule has 0 atom stereocenters. The number of carbonyl (C=O) groups is 2. The Morgan fingerprint density at radius 2 is 2.07 bits per heavy atom. The van der Waals surface area contributed by atoms with E-state index in [4.69, 9.17) is 4.74 Å². The number of benzene rings is 2. The monoisotopic (exact) mass is 379 g/mol. The number of aryl methyl sites for hydroxylation is 1. The average Bonchev–Trinajstić information content (AvgIpc) is 3.20. The number of ether oxygens (including phenoxy) is 1. The lowest BCUT2D eigenvalue weighted by atomic mass is 10.0. The Bertz CT molecular complexity index is 952. The van der Waals surface area contributed by atoms with Gasteiger partial charge in [0, 0.05) is 37.3 Å². The Labute approximate surface area is 164 Å². The van der Waals surface area contributed by atoms with Gasteiger partial charge in [-0.3, -0.25) is 9.69 Å². The summed E-state index contributed by atoms with van der Waals surface area (Å²) in [6.45, 7) is 7.76. The van der Waals surface area contributed by atoms with Crippen LogP contribution in [0.25, 0.3) is 0 Å². The Morgan fingerprint density at radius 3 is 2.82 bits per heavy atom. The van der Waals surface area contributed by atoms with Crippen molar-refractivity contribution in [2.75, 3.05) is 18.0 Å². The van der Waals surface area contributed by atoms with E-state index in [0.29, 0.717) is 25.2 Å². The summed E-state index contributed by atoms with van der Waals surface area (Å²) in [7, 11) is 0. The molecule has 2 N–H and O–H groups in total. The van der Waals surface area contributed by atoms with Crippen LogP contribution >= 0.6 is 0 Å². The molecule has 0 saturated carbocycles. The molecule has 6 heteroatoms. The van der Waals surface area contributed by atoms with Gasteiger partial charge in [-0.05, 0) is 55.7 Å². The van der Waals surface area contributed by atoms with Crippen molar-refractivity contribution in [3.8, 4) is 5.75 Å². The highest BCUT2D eigenvalue weighted by Crippen LogP contribution is 2.35. The fraction of sp³-hybridized carbons (Fsp3) is 0.364. The van der Waals surface area contributed by atoms with E-state index in [9.17, 15) is 9.59 Å². The van der Waals surface area contributed by atoms with E-state index in [1.54, 1.807) is 17.0 Å². The second-order valence-corrected chi connectivity index (χ2v) is 8.05. The molecule has 2 aliphatic rings. The van der Waals surface area contributed by atoms with Crippen molar-refractivity contribution in [2.45, 2.75) is 39.3 Å². The van der Waals surface area contributed by atoms with Gasteiger partial charge in [0.05, 0.1) is 0 Å². The van der Waals surface area contributed by atoms with Crippen molar-refractivity contribution in [1.29, 1.82) is 0 Å². The molecule has 0 aliphatic carbocycles. The van der Waals surface area contributed by atoms with E-state index in [2.05, 4.69) is 30.5 Å². The van der Waals surface area contributed by atoms with Crippen LogP contribution in [-0.4, -0.2) is 30.6 Å². The summed E-state index contributed by atoms with van der Waals surface area (Å²) in [6, 6.07) is 11.4. The van der Waals surface area contributed by atoms with Crippen LogP contribution in [0, 0.1) is 6.92 Å². The lowest BCUT2D eigenvalue weighted by Gasteiger charge is -2.18. The molecule has 2 aromatic carbocycles. The Balaban J connectivity index is 1.46. The summed E-state index contributed by atoms with van der Waals surface area (Å²) >= 11 is 0. The molecule has 3 amide bonds. The van der Waals surface area contributed by atoms with Crippen LogP contribution < -0.4 is 20.3 Å². The highest BCUT2D eigenvalue weighted by atomic mass is 16.5. The van der Waals surface area contributed by atoms with Crippen molar-refractivity contribution < 1.29 is 14.3 Å². The van der Waals surface area contributed by atoms with Crippen LogP contribution in [0.4, 0.5) is 10.5 Å². The molecule has 0 radical (unpaired) electrons. The van der Waals surface area contributed by atoms with E-state index in [1.165, 1.54) is 5.56 Å². The highest BCUT2D eigenvalue weighted by molar-refractivity contribution is 5.99. The first-order valence-electron chi connectivity index (χ1n) is 9.57. The van der Waals surface area contributed by atoms with E-state index in [-0.39, 0.29) is 17.5 Å². The van der Waals surface area contributed by atoms with Crippen LogP contribution in [0.3, 0.4) is 0 Å². The van der Waals surface area contributed by atoms with Gasteiger partial charge in [-0.2, -0.15) is 0 Å². The summed E-state index contributed by atoms with van der Waals surface area (Å²) in [5.74, 6) is 0.769. The predicted molar refractivity (Wildman–Crippen MR) is 108 cm³/mol. The van der Waals surface area contributed by atoms with Gasteiger partial charge in [0.1, 0.15) is 11.4 Å². The minimum Gasteiger partial charge on any atom is -0.487 e. The second kappa shape index (κ2) is 6.86. The fourth-order valence-corrected chi connectivity index (χ4v) is 3.80. The smallest absolute Gasteiger partial charge is 0.322 e. The number of nitrogens with zero attached hydrogens (tertiary/aromatic N) is 1. The van der Waals surface area contributed by atoms with Gasteiger partial charge in [-0.15, -0.1) is 0 Å². The van der Waals surface area contributed by atoms with Gasteiger partial charge >= 0.3 is 6.03 Å². The van der Waals surface area contributed by atoms with Crippen molar-refractivity contribution in [1.82, 2.24) is 10.6 Å². The van der Waals surface area contributed by atoms with E-state index in [0.717, 1.165) is 29.0 Å². The molecule has 2 heterocycles. The molecule has 0 spiro atoms. The fourth-order valence-electron chi connectivity index (χ4n) is 3.80. The summed E-state index contributed by atoms with van der Waals surface area (Å²) in [6.07, 6.45) is 0.864. The maximum absolute atomic E-state index is 12.7. The molecule has 0 aromatic heterocycles. The van der Waals surface area contributed by atoms with E-state index >= 15 is 0 Å². The molecular weight excluding hydrogens is 354 g/mol. The number of urea groups is 1. The summed E-state index contributed by atoms with van der Waals surface area (Å²) in [4.78, 5) is 26.3. The summed E-state index contributed by atoms with van der Waals surface area (Å²) < 4.78 is 5.90. The van der Waals surface area contributed by atoms with Crippen LogP contribution in [-0.2, 0) is 13.0 Å². The van der Waals surface area contributed by atoms with Crippen molar-refractivity contribution in [3.05, 3.63) is 58.7 Å². The first-order chi connectivity index (χ1) is 13.3. The Morgan fingerprint density at radius 1 is 1.25 bits per heavy atom. The topological polar surface area (TPSA) is 70.7 Å². The SMILES string of the molecule is Cc1ccc(C(=O)NCc2ccc3c(c2)CC(C)(C)O3)cc1N1CCNC1=O. The van der Waals surface area contributed by atoms with Crippen LogP contribution in [0.15, 0.2) is 36.4 Å². The van der Waals surface area contributed by atoms with Gasteiger partial charge in [-0.25, -0.2) is 4.79 Å². The van der Waals surface area contributed by atoms with Gasteiger partial charge in [0.15, 0.2) is 0 Å². The van der Waals surface area contributed by atoms with Gasteiger partial charge in [0.25, 0.3) is 5.91 Å². The second-order valence-electron chi connectivity index (χ2n) is 8.05. The van der Waals surface area contributed by atoms with E-state index in [1.807, 2.05) is 25.1 Å². The molecule has 1 saturated heterocycles. The third-order valence-electron chi connectivity index (χ3n) is 5.20. The van der Waals surface area contributed by atoms with Crippen LogP contribution in [0.5, 0.6) is 5.75 Å². The van der Waals surface area contributed by atoms with E-state index < -0.39 is 0 Å². The minimum absolute atomic E-state index is 0.121. The molecule has 2 aliphatic heterocycles. The zero-order valence-corrected chi connectivity index (χ0v) is 16.5. The number of rotatable bonds is 4. The minimum atomic E-state index is -0.176. The van der Waals surface area contributed by atoms with Crippen molar-refractivity contribution in [3.63, 3.8) is 0 Å². The first kappa shape index (κ1) is 18.3. The normalized spacial score (nSPS) is 17.1. The first-order valence-corrected chi connectivity index (χ1v) is 9.57. The number of hydrogen-bond donors (Lipinski definition) is 2. The Hall–Kier alpha value is -3.02. The largest absolute Gasteiger partial charge is 0.487 e. The maximum Gasteiger partial charge on any atom is 0.322 e. The number of amides is 3. The third-order valence-corrected chi connectivity index (χ3v) is 5.20. The molecule has 6 nitrogen and oxygen atoms in total. The zero-order chi connectivity index (χ0) is 19.9. The quantitative estimate of drug-likeness (QED) is 0.857. The number of fused-ring (bicyclic) bond motifs is 1. The molecule has 1 fully saturated rings. The third kappa shape index (κ3) is 3.54. The van der Waals surface area contributed by atoms with Gasteiger partial charge in [0.2, 0.25) is 0 Å². The van der Waals surface area contributed by atoms with Gasteiger partial charge in [-0.1, -0.05) is 18.2 Å². The molecular formula is C22H25N3O3. The summed E-state index contributed by atoms with van der Waals surface area (Å²) in [5, 5.41) is 5.77. The lowest BCUT2D eigenvalue weighted by Crippen LogP contribution is -2.29. The van der Waals surface area contributed by atoms with Crippen molar-refractivity contribution in [2.24, 2.45) is 0 Å². The van der Waals surface area contributed by atoms with Crippen molar-refractivity contribution >= 4 is 17.6 Å². The average molecular weight is 379 g/mol. The highest BCUT2D eigenvalue weighted by Gasteiger charge is 2.30. The van der Waals surface area contributed by atoms with Gasteiger partial charge < -0.3 is 15.4 Å². The predicted octanol–water partition coefficient (Wildman–Crippen LogP) is 3.17. The molecule has 28 heavy (non-hydrogen) atoms. The number of carbonyl (C=O) groups excluding carboxylic acids is 2. The molecule has 2 aromatic rings. The summed E-state index contributed by atoms with van der Waals surface area (Å²) in [5.41, 5.74) is 4.33. The number of hydrogen-bond acceptors (Lipinski definition) is 3. The molecule has 0 bridgehead atoms. The molecule has 146 valence electrons. The maximum atomic E-state index is 12.7. The number of anilines is 1. The molecule has 4 rings (SSSR count). The van der Waals surface area contributed by atoms with Crippen LogP contribution in [0.1, 0.15) is 40.9 Å². The standard InChI is InChI=1S/C22H25N3O3/c1-14-4-6-16(11-18(14)25-9-8-23-21(25)27)20(26)24-13-15-5-7-19-17(10-15)12-22(2,3)28-19/h4-7,10-11H,8-9,12-13H2,1-3H3,(H,23,27)(H,24,26).